The molecule has 0 fully saturated rings. The summed E-state index contributed by atoms with van der Waals surface area (Å²) in [5.74, 6) is 0. The van der Waals surface area contributed by atoms with Gasteiger partial charge in [-0.05, 0) is 27.5 Å². The average molecular weight is 331 g/mol. The van der Waals surface area contributed by atoms with Gasteiger partial charge < -0.3 is 15.5 Å². The number of benzene rings is 3. The highest BCUT2D eigenvalue weighted by Gasteiger charge is 2.45. The van der Waals surface area contributed by atoms with Crippen molar-refractivity contribution in [2.24, 2.45) is 0 Å². The van der Waals surface area contributed by atoms with E-state index in [0.29, 0.717) is 0 Å². The molecule has 1 aliphatic rings. The Morgan fingerprint density at radius 1 is 0.920 bits per heavy atom. The van der Waals surface area contributed by atoms with E-state index in [0.717, 1.165) is 27.5 Å². The molecular formula is C21H17NO3. The molecule has 4 nitrogen and oxygen atoms in total. The van der Waals surface area contributed by atoms with Crippen molar-refractivity contribution in [2.75, 3.05) is 0 Å². The minimum absolute atomic E-state index is 0.734. The van der Waals surface area contributed by atoms with Crippen molar-refractivity contribution in [1.82, 2.24) is 5.32 Å². The lowest BCUT2D eigenvalue weighted by atomic mass is 9.72. The number of carboxylic acid groups (broad SMARTS) is 1. The lowest BCUT2D eigenvalue weighted by molar-refractivity contribution is 0.112. The minimum Gasteiger partial charge on any atom is -0.465 e. The SMILES string of the molecule is O=C(O)NC1(c2cccc3ccccc23)c2ccccc2C=CC1O. The molecular weight excluding hydrogens is 314 g/mol. The van der Waals surface area contributed by atoms with Crippen molar-refractivity contribution in [3.8, 4) is 0 Å². The number of carbonyl (C=O) groups is 1. The number of aliphatic hydroxyl groups is 1. The van der Waals surface area contributed by atoms with Crippen LogP contribution >= 0.6 is 0 Å². The predicted molar refractivity (Wildman–Crippen MR) is 97.4 cm³/mol. The number of aliphatic hydroxyl groups excluding tert-OH is 1. The summed E-state index contributed by atoms with van der Waals surface area (Å²) in [5.41, 5.74) is 1.09. The molecule has 124 valence electrons. The third-order valence-electron chi connectivity index (χ3n) is 4.81. The average Bonchev–Trinajstić information content (AvgIpc) is 2.63. The van der Waals surface area contributed by atoms with E-state index in [1.165, 1.54) is 0 Å². The third kappa shape index (κ3) is 2.30. The molecule has 25 heavy (non-hydrogen) atoms. The maximum Gasteiger partial charge on any atom is 0.405 e. The molecule has 0 bridgehead atoms. The summed E-state index contributed by atoms with van der Waals surface area (Å²) in [7, 11) is 0. The van der Waals surface area contributed by atoms with Gasteiger partial charge in [0, 0.05) is 0 Å². The zero-order chi connectivity index (χ0) is 17.4. The van der Waals surface area contributed by atoms with Crippen LogP contribution in [0.1, 0.15) is 16.7 Å². The fourth-order valence-corrected chi connectivity index (χ4v) is 3.75. The molecule has 3 N–H and O–H groups in total. The largest absolute Gasteiger partial charge is 0.465 e. The van der Waals surface area contributed by atoms with Crippen LogP contribution in [0, 0.1) is 0 Å². The molecule has 2 unspecified atom stereocenters. The quantitative estimate of drug-likeness (QED) is 0.670. The summed E-state index contributed by atoms with van der Waals surface area (Å²) in [6, 6.07) is 21.0. The first-order valence-corrected chi connectivity index (χ1v) is 8.08. The molecule has 0 radical (unpaired) electrons. The van der Waals surface area contributed by atoms with E-state index in [9.17, 15) is 15.0 Å². The monoisotopic (exact) mass is 331 g/mol. The third-order valence-corrected chi connectivity index (χ3v) is 4.81. The molecule has 0 aliphatic heterocycles. The molecule has 0 saturated carbocycles. The van der Waals surface area contributed by atoms with Gasteiger partial charge >= 0.3 is 6.09 Å². The lowest BCUT2D eigenvalue weighted by Crippen LogP contribution is -2.55. The Morgan fingerprint density at radius 2 is 1.60 bits per heavy atom. The van der Waals surface area contributed by atoms with Crippen LogP contribution in [-0.4, -0.2) is 22.4 Å². The van der Waals surface area contributed by atoms with Gasteiger partial charge in [-0.2, -0.15) is 0 Å². The van der Waals surface area contributed by atoms with Crippen LogP contribution in [0.2, 0.25) is 0 Å². The predicted octanol–water partition coefficient (Wildman–Crippen LogP) is 3.74. The summed E-state index contributed by atoms with van der Waals surface area (Å²) in [6.07, 6.45) is 1.26. The summed E-state index contributed by atoms with van der Waals surface area (Å²) in [6.45, 7) is 0. The van der Waals surface area contributed by atoms with E-state index < -0.39 is 17.7 Å². The van der Waals surface area contributed by atoms with Gasteiger partial charge in [0.25, 0.3) is 0 Å². The first-order chi connectivity index (χ1) is 12.1. The van der Waals surface area contributed by atoms with Crippen molar-refractivity contribution >= 4 is 22.9 Å². The lowest BCUT2D eigenvalue weighted by Gasteiger charge is -2.41. The summed E-state index contributed by atoms with van der Waals surface area (Å²) in [5, 5.41) is 25.0. The molecule has 0 aromatic heterocycles. The van der Waals surface area contributed by atoms with Crippen molar-refractivity contribution in [3.05, 3.63) is 89.5 Å². The van der Waals surface area contributed by atoms with Gasteiger partial charge in [0.05, 0.1) is 0 Å². The Bertz CT molecular complexity index is 990. The minimum atomic E-state index is -1.27. The Kier molecular flexibility index (Phi) is 3.55. The molecule has 1 amide bonds. The fraction of sp³-hybridized carbons (Fsp3) is 0.0952. The first kappa shape index (κ1) is 15.4. The second kappa shape index (κ2) is 5.76. The highest BCUT2D eigenvalue weighted by molar-refractivity contribution is 5.89. The van der Waals surface area contributed by atoms with Gasteiger partial charge in [-0.1, -0.05) is 78.9 Å². The van der Waals surface area contributed by atoms with Crippen LogP contribution in [0.25, 0.3) is 16.8 Å². The van der Waals surface area contributed by atoms with E-state index in [2.05, 4.69) is 5.32 Å². The van der Waals surface area contributed by atoms with E-state index in [4.69, 9.17) is 0 Å². The Hall–Kier alpha value is -3.11. The molecule has 1 aliphatic carbocycles. The first-order valence-electron chi connectivity index (χ1n) is 8.08. The van der Waals surface area contributed by atoms with Gasteiger partial charge in [0.15, 0.2) is 0 Å². The number of nitrogens with one attached hydrogen (secondary N) is 1. The van der Waals surface area contributed by atoms with Crippen molar-refractivity contribution < 1.29 is 15.0 Å². The highest BCUT2D eigenvalue weighted by atomic mass is 16.4. The Balaban J connectivity index is 2.10. The maximum atomic E-state index is 11.7. The van der Waals surface area contributed by atoms with Crippen molar-refractivity contribution in [3.63, 3.8) is 0 Å². The van der Waals surface area contributed by atoms with Gasteiger partial charge in [0.1, 0.15) is 11.6 Å². The molecule has 4 rings (SSSR count). The molecule has 2 atom stereocenters. The smallest absolute Gasteiger partial charge is 0.405 e. The maximum absolute atomic E-state index is 11.7. The Morgan fingerprint density at radius 3 is 2.44 bits per heavy atom. The summed E-state index contributed by atoms with van der Waals surface area (Å²) in [4.78, 5) is 11.7. The van der Waals surface area contributed by atoms with E-state index >= 15 is 0 Å². The molecule has 0 saturated heterocycles. The van der Waals surface area contributed by atoms with Crippen LogP contribution in [0.5, 0.6) is 0 Å². The van der Waals surface area contributed by atoms with E-state index in [1.54, 1.807) is 6.08 Å². The molecule has 4 heteroatoms. The van der Waals surface area contributed by atoms with Crippen LogP contribution in [0.4, 0.5) is 4.79 Å². The van der Waals surface area contributed by atoms with Crippen LogP contribution in [0.15, 0.2) is 72.8 Å². The molecule has 0 heterocycles. The fourth-order valence-electron chi connectivity index (χ4n) is 3.75. The molecule has 3 aromatic rings. The number of hydrogen-bond acceptors (Lipinski definition) is 2. The molecule has 3 aromatic carbocycles. The van der Waals surface area contributed by atoms with Gasteiger partial charge in [-0.15, -0.1) is 0 Å². The second-order valence-corrected chi connectivity index (χ2v) is 6.16. The van der Waals surface area contributed by atoms with Gasteiger partial charge in [-0.3, -0.25) is 0 Å². The summed E-state index contributed by atoms with van der Waals surface area (Å²) < 4.78 is 0. The van der Waals surface area contributed by atoms with Crippen LogP contribution < -0.4 is 5.32 Å². The second-order valence-electron chi connectivity index (χ2n) is 6.16. The normalized spacial score (nSPS) is 21.7. The number of hydrogen-bond donors (Lipinski definition) is 3. The van der Waals surface area contributed by atoms with Crippen molar-refractivity contribution in [2.45, 2.75) is 11.6 Å². The Labute approximate surface area is 145 Å². The highest BCUT2D eigenvalue weighted by Crippen LogP contribution is 2.42. The standard InChI is InChI=1S/C21H17NO3/c23-19-13-12-15-7-2-4-10-17(15)21(19,22-20(24)25)18-11-5-8-14-6-1-3-9-16(14)18/h1-13,19,22-23H,(H,24,25). The van der Waals surface area contributed by atoms with Crippen LogP contribution in [0.3, 0.4) is 0 Å². The van der Waals surface area contributed by atoms with Crippen LogP contribution in [-0.2, 0) is 5.54 Å². The zero-order valence-corrected chi connectivity index (χ0v) is 13.4. The number of rotatable bonds is 2. The van der Waals surface area contributed by atoms with E-state index in [-0.39, 0.29) is 0 Å². The number of fused-ring (bicyclic) bond motifs is 2. The number of amides is 1. The van der Waals surface area contributed by atoms with Gasteiger partial charge in [-0.25, -0.2) is 4.79 Å². The van der Waals surface area contributed by atoms with Crippen molar-refractivity contribution in [1.29, 1.82) is 0 Å². The topological polar surface area (TPSA) is 69.6 Å². The summed E-state index contributed by atoms with van der Waals surface area (Å²) >= 11 is 0. The zero-order valence-electron chi connectivity index (χ0n) is 13.4. The van der Waals surface area contributed by atoms with E-state index in [1.807, 2.05) is 72.8 Å². The van der Waals surface area contributed by atoms with Gasteiger partial charge in [0.2, 0.25) is 0 Å². The molecule has 0 spiro atoms.